The lowest BCUT2D eigenvalue weighted by molar-refractivity contribution is -0.127. The summed E-state index contributed by atoms with van der Waals surface area (Å²) in [7, 11) is -10.1. The second-order valence-corrected chi connectivity index (χ2v) is 5.47. The van der Waals surface area contributed by atoms with Gasteiger partial charge in [0.1, 0.15) is 18.3 Å². The highest BCUT2D eigenvalue weighted by Crippen LogP contribution is 2.41. The lowest BCUT2D eigenvalue weighted by Gasteiger charge is -2.24. The Kier molecular flexibility index (Phi) is 6.75. The first-order valence-electron chi connectivity index (χ1n) is 4.22. The second-order valence-electron chi connectivity index (χ2n) is 3.04. The number of hydrogen-bond donors (Lipinski definition) is 6. The van der Waals surface area contributed by atoms with Gasteiger partial charge in [-0.2, -0.15) is 0 Å². The van der Waals surface area contributed by atoms with Crippen molar-refractivity contribution in [2.45, 2.75) is 18.3 Å². The molecule has 3 atom stereocenters. The molecule has 0 heterocycles. The van der Waals surface area contributed by atoms with Gasteiger partial charge in [-0.3, -0.25) is 9.05 Å². The largest absolute Gasteiger partial charge is 0.470 e. The van der Waals surface area contributed by atoms with E-state index in [1.165, 1.54) is 0 Å². The Bertz CT molecular complexity index is 356. The molecule has 0 aliphatic heterocycles. The van der Waals surface area contributed by atoms with Gasteiger partial charge in [-0.1, -0.05) is 0 Å². The van der Waals surface area contributed by atoms with E-state index in [2.05, 4.69) is 9.05 Å². The van der Waals surface area contributed by atoms with Crippen molar-refractivity contribution < 1.29 is 52.8 Å². The van der Waals surface area contributed by atoms with Crippen molar-refractivity contribution in [2.75, 3.05) is 6.61 Å². The van der Waals surface area contributed by atoms with Crippen molar-refractivity contribution in [3.8, 4) is 0 Å². The van der Waals surface area contributed by atoms with E-state index in [1.54, 1.807) is 0 Å². The third-order valence-electron chi connectivity index (χ3n) is 1.55. The van der Waals surface area contributed by atoms with Crippen LogP contribution >= 0.6 is 15.6 Å². The quantitative estimate of drug-likeness (QED) is 0.205. The number of aldehydes is 1. The molecule has 0 aromatic rings. The number of carbonyl (C=O) groups excluding carboxylic acids is 1. The van der Waals surface area contributed by atoms with Crippen molar-refractivity contribution in [1.82, 2.24) is 0 Å². The minimum atomic E-state index is -5.13. The number of phosphoric acid groups is 2. The maximum atomic E-state index is 10.5. The normalized spacial score (nSPS) is 18.1. The Labute approximate surface area is 100 Å². The summed E-state index contributed by atoms with van der Waals surface area (Å²) in [6.07, 6.45) is -6.37. The molecule has 0 aliphatic rings. The van der Waals surface area contributed by atoms with Crippen LogP contribution in [0.15, 0.2) is 0 Å². The van der Waals surface area contributed by atoms with Crippen molar-refractivity contribution in [2.24, 2.45) is 0 Å². The van der Waals surface area contributed by atoms with Gasteiger partial charge in [0.25, 0.3) is 0 Å². The predicted molar refractivity (Wildman–Crippen MR) is 53.0 cm³/mol. The smallest absolute Gasteiger partial charge is 0.387 e. The highest BCUT2D eigenvalue weighted by molar-refractivity contribution is 7.46. The first kappa shape index (κ1) is 17.8. The van der Waals surface area contributed by atoms with E-state index in [9.17, 15) is 19.0 Å². The number of hydrogen-bond acceptors (Lipinski definition) is 7. The summed E-state index contributed by atoms with van der Waals surface area (Å²) >= 11 is 0. The number of carbonyl (C=O) groups is 1. The Balaban J connectivity index is 4.77. The molecule has 0 unspecified atom stereocenters. The highest BCUT2D eigenvalue weighted by atomic mass is 31.2. The summed E-state index contributed by atoms with van der Waals surface area (Å²) in [5, 5.41) is 18.2. The van der Waals surface area contributed by atoms with Crippen LogP contribution in [0.5, 0.6) is 0 Å². The molecule has 108 valence electrons. The standard InChI is InChI=1S/C5H12O11P2/c6-1-3(7)5(8)4(16-18(12,13)14)2-15-17(9,10)11/h1,3-5,7-8H,2H2,(H2,9,10,11)(H2,12,13,14)/t3-,4-,5-/m0/s1. The molecule has 0 saturated carbocycles. The van der Waals surface area contributed by atoms with Gasteiger partial charge in [0.05, 0.1) is 6.61 Å². The van der Waals surface area contributed by atoms with Crippen LogP contribution in [0.3, 0.4) is 0 Å². The zero-order valence-electron chi connectivity index (χ0n) is 8.64. The predicted octanol–water partition coefficient (Wildman–Crippen LogP) is -2.51. The topological polar surface area (TPSA) is 191 Å². The summed E-state index contributed by atoms with van der Waals surface area (Å²) in [4.78, 5) is 43.9. The molecule has 0 radical (unpaired) electrons. The molecule has 0 saturated heterocycles. The van der Waals surface area contributed by atoms with Gasteiger partial charge in [0.15, 0.2) is 6.29 Å². The van der Waals surface area contributed by atoms with Crippen molar-refractivity contribution in [1.29, 1.82) is 0 Å². The molecular formula is C5H12O11P2. The molecule has 18 heavy (non-hydrogen) atoms. The first-order valence-corrected chi connectivity index (χ1v) is 7.28. The number of rotatable bonds is 8. The number of aliphatic hydroxyl groups excluding tert-OH is 2. The summed E-state index contributed by atoms with van der Waals surface area (Å²) < 4.78 is 28.7. The molecule has 0 aromatic carbocycles. The zero-order chi connectivity index (χ0) is 14.6. The Morgan fingerprint density at radius 3 is 1.89 bits per heavy atom. The Morgan fingerprint density at radius 1 is 1.06 bits per heavy atom. The number of phosphoric ester groups is 2. The van der Waals surface area contributed by atoms with E-state index in [4.69, 9.17) is 24.7 Å². The van der Waals surface area contributed by atoms with Crippen molar-refractivity contribution >= 4 is 21.9 Å². The van der Waals surface area contributed by atoms with Gasteiger partial charge < -0.3 is 34.6 Å². The van der Waals surface area contributed by atoms with Crippen LogP contribution in [0.2, 0.25) is 0 Å². The van der Waals surface area contributed by atoms with Crippen LogP contribution in [0.25, 0.3) is 0 Å². The summed E-state index contributed by atoms with van der Waals surface area (Å²) in [5.41, 5.74) is 0. The van der Waals surface area contributed by atoms with E-state index >= 15 is 0 Å². The minimum Gasteiger partial charge on any atom is -0.387 e. The second kappa shape index (κ2) is 6.83. The average Bonchev–Trinajstić information content (AvgIpc) is 2.19. The molecule has 0 aliphatic carbocycles. The Morgan fingerprint density at radius 2 is 1.56 bits per heavy atom. The molecule has 11 nitrogen and oxygen atoms in total. The summed E-state index contributed by atoms with van der Waals surface area (Å²) in [5.74, 6) is 0. The van der Waals surface area contributed by atoms with E-state index in [0.29, 0.717) is 0 Å². The monoisotopic (exact) mass is 310 g/mol. The molecule has 13 heteroatoms. The van der Waals surface area contributed by atoms with Crippen LogP contribution in [-0.4, -0.2) is 61.0 Å². The van der Waals surface area contributed by atoms with Gasteiger partial charge in [0, 0.05) is 0 Å². The molecular weight excluding hydrogens is 298 g/mol. The Hall–Kier alpha value is -0.190. The molecule has 0 aromatic heterocycles. The lowest BCUT2D eigenvalue weighted by Crippen LogP contribution is -2.42. The van der Waals surface area contributed by atoms with Crippen LogP contribution in [0, 0.1) is 0 Å². The van der Waals surface area contributed by atoms with Crippen molar-refractivity contribution in [3.63, 3.8) is 0 Å². The van der Waals surface area contributed by atoms with Gasteiger partial charge in [-0.05, 0) is 0 Å². The fourth-order valence-corrected chi connectivity index (χ4v) is 1.72. The maximum Gasteiger partial charge on any atom is 0.470 e. The minimum absolute atomic E-state index is 0.155. The maximum absolute atomic E-state index is 10.5. The van der Waals surface area contributed by atoms with Crippen LogP contribution in [0.4, 0.5) is 0 Å². The van der Waals surface area contributed by atoms with Gasteiger partial charge in [-0.25, -0.2) is 9.13 Å². The van der Waals surface area contributed by atoms with Crippen LogP contribution in [-0.2, 0) is 23.0 Å². The lowest BCUT2D eigenvalue weighted by atomic mass is 10.1. The molecule has 0 spiro atoms. The van der Waals surface area contributed by atoms with Gasteiger partial charge >= 0.3 is 15.6 Å². The molecule has 0 amide bonds. The van der Waals surface area contributed by atoms with Gasteiger partial charge in [-0.15, -0.1) is 0 Å². The first-order chi connectivity index (χ1) is 7.96. The fraction of sp³-hybridized carbons (Fsp3) is 0.800. The summed E-state index contributed by atoms with van der Waals surface area (Å²) in [6.45, 7) is -1.15. The van der Waals surface area contributed by atoms with E-state index in [0.717, 1.165) is 0 Å². The molecule has 0 fully saturated rings. The molecule has 0 bridgehead atoms. The third kappa shape index (κ3) is 8.01. The average molecular weight is 310 g/mol. The van der Waals surface area contributed by atoms with Gasteiger partial charge in [0.2, 0.25) is 0 Å². The van der Waals surface area contributed by atoms with Crippen LogP contribution in [0.1, 0.15) is 0 Å². The summed E-state index contributed by atoms with van der Waals surface area (Å²) in [6, 6.07) is 0. The number of aliphatic hydroxyl groups is 2. The zero-order valence-corrected chi connectivity index (χ0v) is 10.4. The SMILES string of the molecule is O=C[C@H](O)[C@H](O)[C@H](COP(=O)(O)O)OP(=O)(O)O. The molecule has 0 rings (SSSR count). The third-order valence-corrected chi connectivity index (χ3v) is 2.58. The fourth-order valence-electron chi connectivity index (χ4n) is 0.839. The van der Waals surface area contributed by atoms with E-state index < -0.39 is 40.6 Å². The van der Waals surface area contributed by atoms with E-state index in [-0.39, 0.29) is 6.29 Å². The molecule has 6 N–H and O–H groups in total. The van der Waals surface area contributed by atoms with Crippen molar-refractivity contribution in [3.05, 3.63) is 0 Å². The highest BCUT2D eigenvalue weighted by Gasteiger charge is 2.34. The van der Waals surface area contributed by atoms with E-state index in [1.807, 2.05) is 0 Å². The van der Waals surface area contributed by atoms with Crippen LogP contribution < -0.4 is 0 Å².